The van der Waals surface area contributed by atoms with Crippen LogP contribution in [0.3, 0.4) is 0 Å². The average Bonchev–Trinajstić information content (AvgIpc) is 2.60. The molecule has 0 fully saturated rings. The van der Waals surface area contributed by atoms with Crippen molar-refractivity contribution in [1.82, 2.24) is 9.78 Å². The van der Waals surface area contributed by atoms with Crippen LogP contribution in [0.1, 0.15) is 17.0 Å². The van der Waals surface area contributed by atoms with E-state index < -0.39 is 0 Å². The monoisotopic (exact) mass is 261 g/mol. The summed E-state index contributed by atoms with van der Waals surface area (Å²) >= 11 is 4.60. The van der Waals surface area contributed by atoms with Crippen molar-refractivity contribution in [3.63, 3.8) is 0 Å². The number of aliphatic imine (C=N–C) groups is 1. The summed E-state index contributed by atoms with van der Waals surface area (Å²) in [4.78, 5) is 3.98. The van der Waals surface area contributed by atoms with Crippen LogP contribution in [-0.4, -0.2) is 14.9 Å². The Balaban J connectivity index is 2.39. The molecule has 5 heteroatoms. The molecule has 0 unspecified atom stereocenters. The topological polar surface area (TPSA) is 30.2 Å². The zero-order valence-corrected chi connectivity index (χ0v) is 11.0. The second-order valence-electron chi connectivity index (χ2n) is 3.97. The third kappa shape index (κ3) is 2.37. The van der Waals surface area contributed by atoms with Crippen molar-refractivity contribution >= 4 is 23.1 Å². The Morgan fingerprint density at radius 1 is 1.39 bits per heavy atom. The first-order valence-corrected chi connectivity index (χ1v) is 5.89. The molecule has 0 atom stereocenters. The number of halogens is 1. The Bertz CT molecular complexity index is 627. The van der Waals surface area contributed by atoms with E-state index in [2.05, 4.69) is 27.5 Å². The van der Waals surface area contributed by atoms with Crippen LogP contribution in [0.25, 0.3) is 0 Å². The Labute approximate surface area is 110 Å². The molecule has 0 saturated heterocycles. The van der Waals surface area contributed by atoms with Gasteiger partial charge in [0.1, 0.15) is 11.5 Å². The summed E-state index contributed by atoms with van der Waals surface area (Å²) in [5.74, 6) is -0.232. The maximum absolute atomic E-state index is 13.6. The molecule has 1 aromatic carbocycles. The number of benzene rings is 1. The number of rotatable bonds is 3. The molecule has 0 N–H and O–H groups in total. The summed E-state index contributed by atoms with van der Waals surface area (Å²) in [6.45, 7) is 4.11. The van der Waals surface area contributed by atoms with Gasteiger partial charge in [-0.2, -0.15) is 10.1 Å². The Morgan fingerprint density at radius 3 is 2.78 bits per heavy atom. The zero-order valence-electron chi connectivity index (χ0n) is 10.1. The van der Waals surface area contributed by atoms with Crippen molar-refractivity contribution in [3.05, 3.63) is 47.0 Å². The lowest BCUT2D eigenvalue weighted by Crippen LogP contribution is -2.05. The van der Waals surface area contributed by atoms with Crippen LogP contribution in [-0.2, 0) is 6.54 Å². The summed E-state index contributed by atoms with van der Waals surface area (Å²) in [6.07, 6.45) is 0. The van der Waals surface area contributed by atoms with Crippen molar-refractivity contribution in [1.29, 1.82) is 0 Å². The van der Waals surface area contributed by atoms with Crippen molar-refractivity contribution < 1.29 is 4.39 Å². The molecule has 2 aromatic rings. The van der Waals surface area contributed by atoms with Crippen molar-refractivity contribution in [2.45, 2.75) is 20.4 Å². The van der Waals surface area contributed by atoms with Crippen molar-refractivity contribution in [2.75, 3.05) is 0 Å². The molecule has 1 heterocycles. The molecule has 0 saturated carbocycles. The molecule has 3 nitrogen and oxygen atoms in total. The molecule has 0 aliphatic heterocycles. The van der Waals surface area contributed by atoms with E-state index in [4.69, 9.17) is 0 Å². The van der Waals surface area contributed by atoms with Crippen LogP contribution in [0.15, 0.2) is 29.3 Å². The molecule has 18 heavy (non-hydrogen) atoms. The van der Waals surface area contributed by atoms with Gasteiger partial charge in [-0.1, -0.05) is 18.2 Å². The predicted molar refractivity (Wildman–Crippen MR) is 71.9 cm³/mol. The number of thiocarbonyl (C=S) groups is 1. The SMILES string of the molecule is Cc1nn(Cc2ccccc2F)c(C)c1N=C=S. The Hall–Kier alpha value is -1.84. The van der Waals surface area contributed by atoms with E-state index in [-0.39, 0.29) is 5.82 Å². The van der Waals surface area contributed by atoms with Gasteiger partial charge in [-0.3, -0.25) is 4.68 Å². The number of hydrogen-bond acceptors (Lipinski definition) is 3. The first-order chi connectivity index (χ1) is 8.63. The zero-order chi connectivity index (χ0) is 13.1. The van der Waals surface area contributed by atoms with Gasteiger partial charge in [0.25, 0.3) is 0 Å². The van der Waals surface area contributed by atoms with Gasteiger partial charge in [-0.25, -0.2) is 4.39 Å². The lowest BCUT2D eigenvalue weighted by atomic mass is 10.2. The standard InChI is InChI=1S/C13H12FN3S/c1-9-13(15-8-18)10(2)17(16-9)7-11-5-3-4-6-12(11)14/h3-6H,7H2,1-2H3. The minimum atomic E-state index is -0.232. The second-order valence-corrected chi connectivity index (χ2v) is 4.15. The molecule has 0 bridgehead atoms. The van der Waals surface area contributed by atoms with Gasteiger partial charge in [0.2, 0.25) is 0 Å². The Morgan fingerprint density at radius 2 is 2.11 bits per heavy atom. The highest BCUT2D eigenvalue weighted by Crippen LogP contribution is 2.23. The maximum Gasteiger partial charge on any atom is 0.128 e. The summed E-state index contributed by atoms with van der Waals surface area (Å²) in [7, 11) is 0. The first kappa shape index (κ1) is 12.6. The van der Waals surface area contributed by atoms with Gasteiger partial charge < -0.3 is 0 Å². The second kappa shape index (κ2) is 5.21. The quantitative estimate of drug-likeness (QED) is 0.626. The first-order valence-electron chi connectivity index (χ1n) is 5.48. The number of hydrogen-bond donors (Lipinski definition) is 0. The summed E-state index contributed by atoms with van der Waals surface area (Å²) in [5.41, 5.74) is 2.93. The number of aryl methyl sites for hydroxylation is 1. The number of aromatic nitrogens is 2. The van der Waals surface area contributed by atoms with Crippen LogP contribution in [0.4, 0.5) is 10.1 Å². The van der Waals surface area contributed by atoms with Gasteiger partial charge in [0.15, 0.2) is 0 Å². The van der Waals surface area contributed by atoms with Gasteiger partial charge in [0.05, 0.1) is 23.1 Å². The van der Waals surface area contributed by atoms with E-state index in [9.17, 15) is 4.39 Å². The molecule has 92 valence electrons. The molecule has 0 aliphatic carbocycles. The van der Waals surface area contributed by atoms with E-state index in [1.165, 1.54) is 6.07 Å². The fraction of sp³-hybridized carbons (Fsp3) is 0.231. The third-order valence-electron chi connectivity index (χ3n) is 2.78. The molecule has 2 rings (SSSR count). The van der Waals surface area contributed by atoms with Crippen LogP contribution in [0.5, 0.6) is 0 Å². The normalized spacial score (nSPS) is 10.2. The van der Waals surface area contributed by atoms with Crippen LogP contribution >= 0.6 is 12.2 Å². The van der Waals surface area contributed by atoms with Gasteiger partial charge in [-0.15, -0.1) is 0 Å². The molecular weight excluding hydrogens is 249 g/mol. The maximum atomic E-state index is 13.6. The van der Waals surface area contributed by atoms with Crippen LogP contribution in [0, 0.1) is 19.7 Å². The van der Waals surface area contributed by atoms with Gasteiger partial charge in [-0.05, 0) is 32.1 Å². The van der Waals surface area contributed by atoms with E-state index in [0.717, 1.165) is 11.4 Å². The van der Waals surface area contributed by atoms with Gasteiger partial charge >= 0.3 is 0 Å². The van der Waals surface area contributed by atoms with E-state index >= 15 is 0 Å². The van der Waals surface area contributed by atoms with Crippen LogP contribution in [0.2, 0.25) is 0 Å². The molecule has 0 spiro atoms. The lowest BCUT2D eigenvalue weighted by molar-refractivity contribution is 0.579. The predicted octanol–water partition coefficient (Wildman–Crippen LogP) is 3.42. The van der Waals surface area contributed by atoms with E-state index in [1.807, 2.05) is 13.8 Å². The molecule has 0 radical (unpaired) electrons. The summed E-state index contributed by atoms with van der Waals surface area (Å²) in [6, 6.07) is 6.66. The van der Waals surface area contributed by atoms with Gasteiger partial charge in [0, 0.05) is 5.56 Å². The highest BCUT2D eigenvalue weighted by molar-refractivity contribution is 7.78. The van der Waals surface area contributed by atoms with E-state index in [1.54, 1.807) is 22.9 Å². The fourth-order valence-electron chi connectivity index (χ4n) is 1.84. The summed E-state index contributed by atoms with van der Waals surface area (Å²) in [5, 5.41) is 6.67. The highest BCUT2D eigenvalue weighted by Gasteiger charge is 2.12. The highest BCUT2D eigenvalue weighted by atomic mass is 32.1. The minimum absolute atomic E-state index is 0.232. The smallest absolute Gasteiger partial charge is 0.128 e. The number of isothiocyanates is 1. The lowest BCUT2D eigenvalue weighted by Gasteiger charge is -2.05. The third-order valence-corrected chi connectivity index (χ3v) is 2.87. The summed E-state index contributed by atoms with van der Waals surface area (Å²) < 4.78 is 15.3. The largest absolute Gasteiger partial charge is 0.263 e. The van der Waals surface area contributed by atoms with Crippen molar-refractivity contribution in [2.24, 2.45) is 4.99 Å². The Kier molecular flexibility index (Phi) is 3.65. The minimum Gasteiger partial charge on any atom is -0.263 e. The fourth-order valence-corrected chi connectivity index (χ4v) is 1.93. The average molecular weight is 261 g/mol. The molecule has 0 aliphatic rings. The van der Waals surface area contributed by atoms with Crippen LogP contribution < -0.4 is 0 Å². The molecule has 0 amide bonds. The van der Waals surface area contributed by atoms with Crippen molar-refractivity contribution in [3.8, 4) is 0 Å². The molecular formula is C13H12FN3S. The number of nitrogens with zero attached hydrogens (tertiary/aromatic N) is 3. The van der Waals surface area contributed by atoms with E-state index in [0.29, 0.717) is 17.8 Å². The molecule has 1 aromatic heterocycles.